The normalized spacial score (nSPS) is 15.4. The lowest BCUT2D eigenvalue weighted by Gasteiger charge is -2.36. The SMILES string of the molecule is COc1ccc(OCCCN=C(N)N2CCN(C(=O)OC(C)(C)C)CC2)cc1. The van der Waals surface area contributed by atoms with E-state index in [1.54, 1.807) is 12.0 Å². The monoisotopic (exact) mass is 392 g/mol. The predicted molar refractivity (Wildman–Crippen MR) is 109 cm³/mol. The third-order valence-electron chi connectivity index (χ3n) is 4.16. The number of rotatable bonds is 6. The Balaban J connectivity index is 1.66. The van der Waals surface area contributed by atoms with Gasteiger partial charge in [0.1, 0.15) is 17.1 Å². The number of amides is 1. The minimum absolute atomic E-state index is 0.279. The zero-order chi connectivity index (χ0) is 20.6. The summed E-state index contributed by atoms with van der Waals surface area (Å²) < 4.78 is 16.2. The number of hydrogen-bond donors (Lipinski definition) is 1. The molecule has 0 aromatic heterocycles. The number of carbonyl (C=O) groups excluding carboxylic acids is 1. The molecule has 8 nitrogen and oxygen atoms in total. The molecule has 0 spiro atoms. The molecular weight excluding hydrogens is 360 g/mol. The van der Waals surface area contributed by atoms with Gasteiger partial charge in [-0.05, 0) is 45.0 Å². The molecule has 8 heteroatoms. The van der Waals surface area contributed by atoms with Gasteiger partial charge in [-0.1, -0.05) is 0 Å². The minimum atomic E-state index is -0.484. The molecule has 0 atom stereocenters. The maximum absolute atomic E-state index is 12.1. The van der Waals surface area contributed by atoms with Crippen LogP contribution in [0.1, 0.15) is 27.2 Å². The van der Waals surface area contributed by atoms with Crippen LogP contribution in [0.15, 0.2) is 29.3 Å². The van der Waals surface area contributed by atoms with Crippen molar-refractivity contribution in [3.8, 4) is 11.5 Å². The standard InChI is InChI=1S/C20H32N4O4/c1-20(2,3)28-19(25)24-13-11-23(12-14-24)18(21)22-10-5-15-27-17-8-6-16(26-4)7-9-17/h6-9H,5,10-15H2,1-4H3,(H2,21,22). The summed E-state index contributed by atoms with van der Waals surface area (Å²) in [5.41, 5.74) is 5.60. The highest BCUT2D eigenvalue weighted by molar-refractivity contribution is 5.78. The van der Waals surface area contributed by atoms with Crippen molar-refractivity contribution in [3.63, 3.8) is 0 Å². The van der Waals surface area contributed by atoms with E-state index in [0.717, 1.165) is 17.9 Å². The van der Waals surface area contributed by atoms with E-state index in [4.69, 9.17) is 19.9 Å². The van der Waals surface area contributed by atoms with Crippen molar-refractivity contribution in [2.45, 2.75) is 32.8 Å². The van der Waals surface area contributed by atoms with Gasteiger partial charge >= 0.3 is 6.09 Å². The average Bonchev–Trinajstić information content (AvgIpc) is 2.67. The van der Waals surface area contributed by atoms with Crippen molar-refractivity contribution in [2.24, 2.45) is 10.7 Å². The number of methoxy groups -OCH3 is 1. The molecule has 0 aliphatic carbocycles. The van der Waals surface area contributed by atoms with Crippen LogP contribution in [-0.4, -0.2) is 73.9 Å². The van der Waals surface area contributed by atoms with Crippen LogP contribution in [0.25, 0.3) is 0 Å². The summed E-state index contributed by atoms with van der Waals surface area (Å²) in [6, 6.07) is 7.48. The number of nitrogens with zero attached hydrogens (tertiary/aromatic N) is 3. The van der Waals surface area contributed by atoms with E-state index >= 15 is 0 Å². The lowest BCUT2D eigenvalue weighted by atomic mass is 10.2. The van der Waals surface area contributed by atoms with Crippen LogP contribution in [0.3, 0.4) is 0 Å². The molecule has 1 aromatic carbocycles. The molecule has 28 heavy (non-hydrogen) atoms. The second kappa shape index (κ2) is 10.1. The number of piperazine rings is 1. The van der Waals surface area contributed by atoms with E-state index in [0.29, 0.717) is 45.3 Å². The Bertz CT molecular complexity index is 647. The maximum Gasteiger partial charge on any atom is 0.410 e. The molecule has 0 radical (unpaired) electrons. The summed E-state index contributed by atoms with van der Waals surface area (Å²) in [5, 5.41) is 0. The molecule has 1 heterocycles. The average molecular weight is 393 g/mol. The molecule has 0 bridgehead atoms. The van der Waals surface area contributed by atoms with Crippen molar-refractivity contribution >= 4 is 12.1 Å². The Labute approximate surface area is 167 Å². The summed E-state index contributed by atoms with van der Waals surface area (Å²) in [6.07, 6.45) is 0.489. The highest BCUT2D eigenvalue weighted by Gasteiger charge is 2.26. The van der Waals surface area contributed by atoms with Gasteiger partial charge in [0, 0.05) is 39.1 Å². The maximum atomic E-state index is 12.1. The molecule has 156 valence electrons. The Morgan fingerprint density at radius 1 is 1.07 bits per heavy atom. The number of nitrogens with two attached hydrogens (primary N) is 1. The predicted octanol–water partition coefficient (Wildman–Crippen LogP) is 2.33. The van der Waals surface area contributed by atoms with Gasteiger partial charge < -0.3 is 29.7 Å². The molecule has 0 unspecified atom stereocenters. The fourth-order valence-corrected chi connectivity index (χ4v) is 2.66. The van der Waals surface area contributed by atoms with E-state index in [9.17, 15) is 4.79 Å². The number of hydrogen-bond acceptors (Lipinski definition) is 5. The fourth-order valence-electron chi connectivity index (χ4n) is 2.66. The number of guanidine groups is 1. The van der Waals surface area contributed by atoms with Gasteiger partial charge in [-0.3, -0.25) is 4.99 Å². The number of benzene rings is 1. The first-order valence-corrected chi connectivity index (χ1v) is 9.58. The molecule has 1 aromatic rings. The van der Waals surface area contributed by atoms with Crippen molar-refractivity contribution < 1.29 is 19.0 Å². The van der Waals surface area contributed by atoms with Crippen LogP contribution < -0.4 is 15.2 Å². The third kappa shape index (κ3) is 7.17. The zero-order valence-corrected chi connectivity index (χ0v) is 17.3. The van der Waals surface area contributed by atoms with E-state index in [1.165, 1.54) is 0 Å². The Morgan fingerprint density at radius 2 is 1.64 bits per heavy atom. The second-order valence-corrected chi connectivity index (χ2v) is 7.57. The molecule has 1 fully saturated rings. The summed E-state index contributed by atoms with van der Waals surface area (Å²) in [5.74, 6) is 2.11. The van der Waals surface area contributed by atoms with Gasteiger partial charge in [-0.15, -0.1) is 0 Å². The van der Waals surface area contributed by atoms with Crippen molar-refractivity contribution in [2.75, 3.05) is 46.4 Å². The van der Waals surface area contributed by atoms with E-state index in [1.807, 2.05) is 49.9 Å². The molecule has 2 rings (SSSR count). The van der Waals surface area contributed by atoms with Crippen LogP contribution >= 0.6 is 0 Å². The third-order valence-corrected chi connectivity index (χ3v) is 4.16. The summed E-state index contributed by atoms with van der Waals surface area (Å²) in [4.78, 5) is 20.2. The largest absolute Gasteiger partial charge is 0.497 e. The molecule has 1 aliphatic heterocycles. The number of aliphatic imine (C=N–C) groups is 1. The van der Waals surface area contributed by atoms with Gasteiger partial charge in [0.05, 0.1) is 13.7 Å². The van der Waals surface area contributed by atoms with E-state index < -0.39 is 5.60 Å². The van der Waals surface area contributed by atoms with Gasteiger partial charge in [-0.25, -0.2) is 4.79 Å². The van der Waals surface area contributed by atoms with Crippen LogP contribution in [0.2, 0.25) is 0 Å². The molecule has 1 aliphatic rings. The van der Waals surface area contributed by atoms with Crippen LogP contribution in [-0.2, 0) is 4.74 Å². The van der Waals surface area contributed by atoms with Crippen molar-refractivity contribution in [3.05, 3.63) is 24.3 Å². The second-order valence-electron chi connectivity index (χ2n) is 7.57. The van der Waals surface area contributed by atoms with Gasteiger partial charge in [0.15, 0.2) is 5.96 Å². The Hall–Kier alpha value is -2.64. The first-order valence-electron chi connectivity index (χ1n) is 9.58. The quantitative estimate of drug-likeness (QED) is 0.454. The zero-order valence-electron chi connectivity index (χ0n) is 17.3. The summed E-state index contributed by atoms with van der Waals surface area (Å²) in [7, 11) is 1.63. The lowest BCUT2D eigenvalue weighted by molar-refractivity contribution is 0.0186. The highest BCUT2D eigenvalue weighted by atomic mass is 16.6. The van der Waals surface area contributed by atoms with Crippen LogP contribution in [0.4, 0.5) is 4.79 Å². The number of ether oxygens (including phenoxy) is 3. The first kappa shape index (κ1) is 21.7. The lowest BCUT2D eigenvalue weighted by Crippen LogP contribution is -2.53. The van der Waals surface area contributed by atoms with E-state index in [-0.39, 0.29) is 6.09 Å². The van der Waals surface area contributed by atoms with Gasteiger partial charge in [-0.2, -0.15) is 0 Å². The number of carbonyl (C=O) groups is 1. The van der Waals surface area contributed by atoms with Crippen LogP contribution in [0.5, 0.6) is 11.5 Å². The summed E-state index contributed by atoms with van der Waals surface area (Å²) in [6.45, 7) is 9.20. The van der Waals surface area contributed by atoms with Crippen LogP contribution in [0, 0.1) is 0 Å². The summed E-state index contributed by atoms with van der Waals surface area (Å²) >= 11 is 0. The topological polar surface area (TPSA) is 89.6 Å². The Kier molecular flexibility index (Phi) is 7.78. The smallest absolute Gasteiger partial charge is 0.410 e. The molecule has 0 saturated carbocycles. The fraction of sp³-hybridized carbons (Fsp3) is 0.600. The van der Waals surface area contributed by atoms with E-state index in [2.05, 4.69) is 4.99 Å². The van der Waals surface area contributed by atoms with Gasteiger partial charge in [0.2, 0.25) is 0 Å². The van der Waals surface area contributed by atoms with Gasteiger partial charge in [0.25, 0.3) is 0 Å². The Morgan fingerprint density at radius 3 is 2.21 bits per heavy atom. The highest BCUT2D eigenvalue weighted by Crippen LogP contribution is 2.17. The molecule has 1 saturated heterocycles. The molecule has 1 amide bonds. The molecule has 2 N–H and O–H groups in total. The molecular formula is C20H32N4O4. The van der Waals surface area contributed by atoms with Crippen molar-refractivity contribution in [1.29, 1.82) is 0 Å². The minimum Gasteiger partial charge on any atom is -0.497 e. The van der Waals surface area contributed by atoms with Crippen molar-refractivity contribution in [1.82, 2.24) is 9.80 Å². The first-order chi connectivity index (χ1) is 13.3.